The molecule has 1 amide bonds. The van der Waals surface area contributed by atoms with Gasteiger partial charge in [0.25, 0.3) is 5.91 Å². The van der Waals surface area contributed by atoms with Crippen LogP contribution in [-0.4, -0.2) is 31.2 Å². The van der Waals surface area contributed by atoms with Gasteiger partial charge in [0.2, 0.25) is 0 Å². The first-order valence-corrected chi connectivity index (χ1v) is 8.32. The number of benzene rings is 1. The van der Waals surface area contributed by atoms with Gasteiger partial charge in [-0.05, 0) is 38.1 Å². The Bertz CT molecular complexity index is 770. The molecule has 1 aliphatic rings. The highest BCUT2D eigenvalue weighted by Crippen LogP contribution is 2.32. The molecule has 3 rings (SSSR count). The second-order valence-electron chi connectivity index (χ2n) is 5.31. The molecule has 2 aromatic rings. The zero-order valence-corrected chi connectivity index (χ0v) is 14.1. The summed E-state index contributed by atoms with van der Waals surface area (Å²) >= 11 is 1.33. The quantitative estimate of drug-likeness (QED) is 0.861. The first-order valence-electron chi connectivity index (χ1n) is 7.51. The Hall–Kier alpha value is -2.54. The molecule has 0 radical (unpaired) electrons. The van der Waals surface area contributed by atoms with E-state index in [1.54, 1.807) is 24.3 Å². The Morgan fingerprint density at radius 1 is 1.17 bits per heavy atom. The molecule has 0 bridgehead atoms. The normalized spacial score (nSPS) is 13.9. The fourth-order valence-corrected chi connectivity index (χ4v) is 2.93. The van der Waals surface area contributed by atoms with Gasteiger partial charge in [-0.2, -0.15) is 0 Å². The summed E-state index contributed by atoms with van der Waals surface area (Å²) in [7, 11) is 0. The van der Waals surface area contributed by atoms with Gasteiger partial charge in [0.15, 0.2) is 17.6 Å². The summed E-state index contributed by atoms with van der Waals surface area (Å²) in [6.07, 6.45) is -0.909. The summed E-state index contributed by atoms with van der Waals surface area (Å²) < 4.78 is 16.1. The van der Waals surface area contributed by atoms with Gasteiger partial charge in [-0.3, -0.25) is 4.79 Å². The van der Waals surface area contributed by atoms with Crippen LogP contribution in [0.25, 0.3) is 0 Å². The van der Waals surface area contributed by atoms with Crippen molar-refractivity contribution in [1.82, 2.24) is 0 Å². The van der Waals surface area contributed by atoms with E-state index in [4.69, 9.17) is 14.2 Å². The molecule has 1 aromatic carbocycles. The third-order valence-electron chi connectivity index (χ3n) is 3.40. The number of thiophene rings is 1. The minimum atomic E-state index is -0.909. The maximum atomic E-state index is 12.2. The molecule has 0 fully saturated rings. The molecule has 1 aliphatic heterocycles. The second kappa shape index (κ2) is 6.92. The van der Waals surface area contributed by atoms with Crippen LogP contribution in [0.2, 0.25) is 0 Å². The van der Waals surface area contributed by atoms with Crippen molar-refractivity contribution >= 4 is 28.9 Å². The van der Waals surface area contributed by atoms with Crippen LogP contribution in [0.4, 0.5) is 5.69 Å². The maximum Gasteiger partial charge on any atom is 0.349 e. The minimum Gasteiger partial charge on any atom is -0.486 e. The summed E-state index contributed by atoms with van der Waals surface area (Å²) in [6.45, 7) is 4.41. The number of ether oxygens (including phenoxy) is 3. The van der Waals surface area contributed by atoms with Crippen LogP contribution in [-0.2, 0) is 9.53 Å². The van der Waals surface area contributed by atoms with Crippen molar-refractivity contribution in [2.45, 2.75) is 20.0 Å². The van der Waals surface area contributed by atoms with Crippen LogP contribution in [0.15, 0.2) is 30.3 Å². The maximum absolute atomic E-state index is 12.2. The van der Waals surface area contributed by atoms with Crippen LogP contribution < -0.4 is 14.8 Å². The molecule has 1 aromatic heterocycles. The standard InChI is InChI=1S/C17H17NO5S/c1-10-3-6-15(24-10)17(20)23-11(2)16(19)18-12-4-5-13-14(9-12)22-8-7-21-13/h3-6,9,11H,7-8H2,1-2H3,(H,18,19). The summed E-state index contributed by atoms with van der Waals surface area (Å²) in [6, 6.07) is 8.65. The average Bonchev–Trinajstić information content (AvgIpc) is 3.01. The topological polar surface area (TPSA) is 73.9 Å². The number of carbonyl (C=O) groups is 2. The molecular weight excluding hydrogens is 330 g/mol. The summed E-state index contributed by atoms with van der Waals surface area (Å²) in [4.78, 5) is 25.7. The molecule has 2 heterocycles. The Balaban J connectivity index is 1.60. The highest BCUT2D eigenvalue weighted by Gasteiger charge is 2.21. The number of anilines is 1. The van der Waals surface area contributed by atoms with E-state index in [0.717, 1.165) is 4.88 Å². The van der Waals surface area contributed by atoms with E-state index < -0.39 is 18.0 Å². The number of hydrogen-bond donors (Lipinski definition) is 1. The summed E-state index contributed by atoms with van der Waals surface area (Å²) in [5, 5.41) is 2.71. The summed E-state index contributed by atoms with van der Waals surface area (Å²) in [5.74, 6) is 0.316. The van der Waals surface area contributed by atoms with Gasteiger partial charge in [0.05, 0.1) is 0 Å². The molecule has 0 aliphatic carbocycles. The SMILES string of the molecule is Cc1ccc(C(=O)OC(C)C(=O)Nc2ccc3c(c2)OCCO3)s1. The van der Waals surface area contributed by atoms with Crippen molar-refractivity contribution in [3.63, 3.8) is 0 Å². The Labute approximate surface area is 143 Å². The van der Waals surface area contributed by atoms with Crippen molar-refractivity contribution in [2.24, 2.45) is 0 Å². The highest BCUT2D eigenvalue weighted by atomic mass is 32.1. The Kier molecular flexibility index (Phi) is 4.71. The van der Waals surface area contributed by atoms with Crippen molar-refractivity contribution < 1.29 is 23.8 Å². The van der Waals surface area contributed by atoms with E-state index in [1.165, 1.54) is 18.3 Å². The van der Waals surface area contributed by atoms with Crippen molar-refractivity contribution in [3.8, 4) is 11.5 Å². The van der Waals surface area contributed by atoms with E-state index in [0.29, 0.717) is 35.3 Å². The molecule has 126 valence electrons. The summed E-state index contributed by atoms with van der Waals surface area (Å²) in [5.41, 5.74) is 0.555. The van der Waals surface area contributed by atoms with Gasteiger partial charge < -0.3 is 19.5 Å². The molecule has 1 N–H and O–H groups in total. The predicted molar refractivity (Wildman–Crippen MR) is 90.0 cm³/mol. The Morgan fingerprint density at radius 2 is 1.92 bits per heavy atom. The van der Waals surface area contributed by atoms with Crippen molar-refractivity contribution in [3.05, 3.63) is 40.1 Å². The number of nitrogens with one attached hydrogen (secondary N) is 1. The number of aryl methyl sites for hydroxylation is 1. The zero-order valence-electron chi connectivity index (χ0n) is 13.3. The van der Waals surface area contributed by atoms with Gasteiger partial charge in [0, 0.05) is 16.6 Å². The smallest absolute Gasteiger partial charge is 0.349 e. The predicted octanol–water partition coefficient (Wildman–Crippen LogP) is 3.01. The lowest BCUT2D eigenvalue weighted by Gasteiger charge is -2.19. The number of rotatable bonds is 4. The fraction of sp³-hybridized carbons (Fsp3) is 0.294. The molecular formula is C17H17NO5S. The van der Waals surface area contributed by atoms with Crippen LogP contribution in [0.5, 0.6) is 11.5 Å². The lowest BCUT2D eigenvalue weighted by atomic mass is 10.2. The first kappa shape index (κ1) is 16.3. The van der Waals surface area contributed by atoms with E-state index in [-0.39, 0.29) is 0 Å². The van der Waals surface area contributed by atoms with Gasteiger partial charge >= 0.3 is 5.97 Å². The molecule has 0 saturated carbocycles. The van der Waals surface area contributed by atoms with E-state index in [9.17, 15) is 9.59 Å². The average molecular weight is 347 g/mol. The zero-order chi connectivity index (χ0) is 17.1. The number of fused-ring (bicyclic) bond motifs is 1. The number of hydrogen-bond acceptors (Lipinski definition) is 6. The monoisotopic (exact) mass is 347 g/mol. The van der Waals surface area contributed by atoms with Crippen LogP contribution >= 0.6 is 11.3 Å². The molecule has 24 heavy (non-hydrogen) atoms. The third-order valence-corrected chi connectivity index (χ3v) is 4.39. The lowest BCUT2D eigenvalue weighted by molar-refractivity contribution is -0.123. The minimum absolute atomic E-state index is 0.409. The first-order chi connectivity index (χ1) is 11.5. The molecule has 0 saturated heterocycles. The number of amides is 1. The second-order valence-corrected chi connectivity index (χ2v) is 6.59. The molecule has 6 nitrogen and oxygen atoms in total. The number of esters is 1. The Morgan fingerprint density at radius 3 is 2.62 bits per heavy atom. The van der Waals surface area contributed by atoms with Crippen LogP contribution in [0.3, 0.4) is 0 Å². The van der Waals surface area contributed by atoms with Crippen molar-refractivity contribution in [1.29, 1.82) is 0 Å². The molecule has 1 atom stereocenters. The van der Waals surface area contributed by atoms with E-state index >= 15 is 0 Å². The van der Waals surface area contributed by atoms with E-state index in [1.807, 2.05) is 13.0 Å². The highest BCUT2D eigenvalue weighted by molar-refractivity contribution is 7.13. The largest absolute Gasteiger partial charge is 0.486 e. The van der Waals surface area contributed by atoms with Crippen LogP contribution in [0, 0.1) is 6.92 Å². The van der Waals surface area contributed by atoms with Crippen molar-refractivity contribution in [2.75, 3.05) is 18.5 Å². The van der Waals surface area contributed by atoms with Crippen LogP contribution in [0.1, 0.15) is 21.5 Å². The molecule has 0 spiro atoms. The number of carbonyl (C=O) groups excluding carboxylic acids is 2. The molecule has 1 unspecified atom stereocenters. The van der Waals surface area contributed by atoms with Gasteiger partial charge in [-0.15, -0.1) is 11.3 Å². The van der Waals surface area contributed by atoms with Gasteiger partial charge in [-0.1, -0.05) is 0 Å². The van der Waals surface area contributed by atoms with Gasteiger partial charge in [0.1, 0.15) is 18.1 Å². The third kappa shape index (κ3) is 3.68. The molecule has 7 heteroatoms. The lowest BCUT2D eigenvalue weighted by Crippen LogP contribution is -2.29. The van der Waals surface area contributed by atoms with E-state index in [2.05, 4.69) is 5.32 Å². The fourth-order valence-electron chi connectivity index (χ4n) is 2.18. The van der Waals surface area contributed by atoms with Gasteiger partial charge in [-0.25, -0.2) is 4.79 Å².